The lowest BCUT2D eigenvalue weighted by Gasteiger charge is -2.57. The van der Waals surface area contributed by atoms with E-state index in [0.717, 1.165) is 22.9 Å². The number of aromatic nitrogens is 4. The van der Waals surface area contributed by atoms with Gasteiger partial charge in [0.15, 0.2) is 0 Å². The van der Waals surface area contributed by atoms with Crippen LogP contribution in [0, 0.1) is 17.8 Å². The van der Waals surface area contributed by atoms with E-state index in [0.29, 0.717) is 0 Å². The molecule has 0 saturated heterocycles. The summed E-state index contributed by atoms with van der Waals surface area (Å²) in [6.45, 7) is 6.04. The Hall–Kier alpha value is -1.11. The van der Waals surface area contributed by atoms with Gasteiger partial charge in [-0.2, -0.15) is 0 Å². The zero-order valence-electron chi connectivity index (χ0n) is 14.7. The number of carbonyl (C=O) groups is 1. The minimum absolute atomic E-state index is 0.0740. The van der Waals surface area contributed by atoms with Gasteiger partial charge in [-0.05, 0) is 87.5 Å². The average molecular weight is 350 g/mol. The number of nitrogens with one attached hydrogen (secondary N) is 1. The Bertz CT molecular complexity index is 593. The van der Waals surface area contributed by atoms with Crippen molar-refractivity contribution in [2.75, 3.05) is 0 Å². The molecule has 4 aliphatic carbocycles. The predicted octanol–water partition coefficient (Wildman–Crippen LogP) is 2.82. The molecule has 4 fully saturated rings. The van der Waals surface area contributed by atoms with Crippen molar-refractivity contribution in [3.05, 3.63) is 0 Å². The van der Waals surface area contributed by atoms with Crippen molar-refractivity contribution in [1.29, 1.82) is 0 Å². The molecule has 1 heterocycles. The number of nitrogens with zero attached hydrogens (tertiary/aromatic N) is 4. The van der Waals surface area contributed by atoms with Crippen molar-refractivity contribution < 1.29 is 4.79 Å². The monoisotopic (exact) mass is 349 g/mol. The normalized spacial score (nSPS) is 35.4. The summed E-state index contributed by atoms with van der Waals surface area (Å²) in [5, 5.41) is 15.8. The molecule has 0 aliphatic heterocycles. The minimum Gasteiger partial charge on any atom is -0.350 e. The van der Waals surface area contributed by atoms with Crippen molar-refractivity contribution in [2.24, 2.45) is 17.8 Å². The van der Waals surface area contributed by atoms with Crippen LogP contribution in [0.2, 0.25) is 0 Å². The zero-order valence-corrected chi connectivity index (χ0v) is 15.6. The van der Waals surface area contributed by atoms with Crippen LogP contribution < -0.4 is 5.32 Å². The van der Waals surface area contributed by atoms with Gasteiger partial charge in [-0.25, -0.2) is 4.68 Å². The van der Waals surface area contributed by atoms with Gasteiger partial charge in [-0.1, -0.05) is 11.8 Å². The van der Waals surface area contributed by atoms with Crippen LogP contribution in [0.15, 0.2) is 5.16 Å². The second kappa shape index (κ2) is 6.00. The van der Waals surface area contributed by atoms with Gasteiger partial charge in [0, 0.05) is 5.54 Å². The van der Waals surface area contributed by atoms with Gasteiger partial charge >= 0.3 is 0 Å². The summed E-state index contributed by atoms with van der Waals surface area (Å²) < 4.78 is 1.78. The fourth-order valence-electron chi connectivity index (χ4n) is 5.43. The first-order chi connectivity index (χ1) is 11.4. The lowest BCUT2D eigenvalue weighted by atomic mass is 9.53. The van der Waals surface area contributed by atoms with E-state index in [-0.39, 0.29) is 22.7 Å². The Kier molecular flexibility index (Phi) is 4.09. The van der Waals surface area contributed by atoms with Crippen LogP contribution in [0.25, 0.3) is 0 Å². The number of carbonyl (C=O) groups excluding carboxylic acids is 1. The maximum absolute atomic E-state index is 12.8. The summed E-state index contributed by atoms with van der Waals surface area (Å²) in [4.78, 5) is 12.8. The molecule has 1 N–H and O–H groups in total. The van der Waals surface area contributed by atoms with Crippen LogP contribution >= 0.6 is 11.8 Å². The zero-order chi connectivity index (χ0) is 16.9. The van der Waals surface area contributed by atoms with E-state index in [4.69, 9.17) is 0 Å². The lowest BCUT2D eigenvalue weighted by molar-refractivity contribution is -0.126. The van der Waals surface area contributed by atoms with Crippen molar-refractivity contribution in [2.45, 2.75) is 81.3 Å². The molecule has 1 unspecified atom stereocenters. The van der Waals surface area contributed by atoms with Crippen LogP contribution in [0.5, 0.6) is 0 Å². The largest absolute Gasteiger partial charge is 0.350 e. The fraction of sp³-hybridized carbons (Fsp3) is 0.882. The van der Waals surface area contributed by atoms with Gasteiger partial charge < -0.3 is 5.32 Å². The Balaban J connectivity index is 1.42. The molecule has 1 aromatic rings. The summed E-state index contributed by atoms with van der Waals surface area (Å²) in [6, 6.07) is 0.195. The summed E-state index contributed by atoms with van der Waals surface area (Å²) in [7, 11) is 0. The molecule has 7 heteroatoms. The Morgan fingerprint density at radius 3 is 2.29 bits per heavy atom. The maximum Gasteiger partial charge on any atom is 0.233 e. The number of hydrogen-bond acceptors (Lipinski definition) is 5. The molecule has 1 atom stereocenters. The lowest BCUT2D eigenvalue weighted by Crippen LogP contribution is -2.60. The first-order valence-corrected chi connectivity index (χ1v) is 10.1. The van der Waals surface area contributed by atoms with Crippen molar-refractivity contribution in [1.82, 2.24) is 25.5 Å². The molecule has 1 amide bonds. The molecule has 6 nitrogen and oxygen atoms in total. The first-order valence-electron chi connectivity index (χ1n) is 9.20. The Morgan fingerprint density at radius 1 is 1.17 bits per heavy atom. The fourth-order valence-corrected chi connectivity index (χ4v) is 6.35. The summed E-state index contributed by atoms with van der Waals surface area (Å²) in [5.41, 5.74) is 0.0740. The second-order valence-electron chi connectivity index (χ2n) is 8.45. The van der Waals surface area contributed by atoms with E-state index in [9.17, 15) is 4.79 Å². The molecule has 132 valence electrons. The van der Waals surface area contributed by atoms with Crippen LogP contribution in [0.1, 0.15) is 65.3 Å². The molecule has 4 aliphatic rings. The number of hydrogen-bond donors (Lipinski definition) is 1. The summed E-state index contributed by atoms with van der Waals surface area (Å²) >= 11 is 1.46. The van der Waals surface area contributed by atoms with E-state index in [1.165, 1.54) is 50.3 Å². The van der Waals surface area contributed by atoms with Crippen LogP contribution in [0.3, 0.4) is 0 Å². The maximum atomic E-state index is 12.8. The van der Waals surface area contributed by atoms with Gasteiger partial charge in [0.1, 0.15) is 0 Å². The third kappa shape index (κ3) is 2.95. The summed E-state index contributed by atoms with van der Waals surface area (Å²) in [6.07, 6.45) is 7.73. The van der Waals surface area contributed by atoms with Gasteiger partial charge in [-0.3, -0.25) is 4.79 Å². The quantitative estimate of drug-likeness (QED) is 0.828. The van der Waals surface area contributed by atoms with Gasteiger partial charge in [0.2, 0.25) is 11.1 Å². The SMILES string of the molecule is CC(Sc1nnnn1C(C)C)C(=O)NC12CC3CC(CC(C3)C1)C2. The van der Waals surface area contributed by atoms with E-state index < -0.39 is 0 Å². The van der Waals surface area contributed by atoms with Crippen molar-refractivity contribution in [3.63, 3.8) is 0 Å². The standard InChI is InChI=1S/C17H27N5OS/c1-10(2)22-16(19-20-21-22)24-11(3)15(23)18-17-7-12-4-13(8-17)6-14(5-12)9-17/h10-14H,4-9H2,1-3H3,(H,18,23). The summed E-state index contributed by atoms with van der Waals surface area (Å²) in [5.74, 6) is 2.66. The number of rotatable bonds is 5. The van der Waals surface area contributed by atoms with Crippen LogP contribution in [-0.2, 0) is 4.79 Å². The van der Waals surface area contributed by atoms with E-state index in [2.05, 4.69) is 20.8 Å². The van der Waals surface area contributed by atoms with Crippen molar-refractivity contribution >= 4 is 17.7 Å². The molecule has 4 saturated carbocycles. The minimum atomic E-state index is -0.179. The topological polar surface area (TPSA) is 72.7 Å². The smallest absolute Gasteiger partial charge is 0.233 e. The average Bonchev–Trinajstić information content (AvgIpc) is 2.93. The molecule has 1 aromatic heterocycles. The number of thioether (sulfide) groups is 1. The highest BCUT2D eigenvalue weighted by Crippen LogP contribution is 2.55. The second-order valence-corrected chi connectivity index (χ2v) is 9.75. The molecule has 0 aromatic carbocycles. The Morgan fingerprint density at radius 2 is 1.75 bits per heavy atom. The molecule has 5 rings (SSSR count). The van der Waals surface area contributed by atoms with Gasteiger partial charge in [-0.15, -0.1) is 5.10 Å². The van der Waals surface area contributed by atoms with Gasteiger partial charge in [0.05, 0.1) is 11.3 Å². The third-order valence-corrected chi connectivity index (χ3v) is 7.08. The highest BCUT2D eigenvalue weighted by atomic mass is 32.2. The number of amides is 1. The molecular formula is C17H27N5OS. The molecule has 0 spiro atoms. The van der Waals surface area contributed by atoms with Crippen LogP contribution in [-0.4, -0.2) is 36.9 Å². The van der Waals surface area contributed by atoms with Crippen molar-refractivity contribution in [3.8, 4) is 0 Å². The van der Waals surface area contributed by atoms with E-state index in [1.54, 1.807) is 4.68 Å². The van der Waals surface area contributed by atoms with E-state index in [1.807, 2.05) is 20.8 Å². The van der Waals surface area contributed by atoms with E-state index >= 15 is 0 Å². The highest BCUT2D eigenvalue weighted by Gasteiger charge is 2.51. The first kappa shape index (κ1) is 16.4. The molecule has 24 heavy (non-hydrogen) atoms. The van der Waals surface area contributed by atoms with Crippen LogP contribution in [0.4, 0.5) is 0 Å². The molecule has 4 bridgehead atoms. The number of tetrazole rings is 1. The Labute approximate surface area is 147 Å². The molecular weight excluding hydrogens is 322 g/mol. The van der Waals surface area contributed by atoms with Gasteiger partial charge in [0.25, 0.3) is 0 Å². The molecule has 0 radical (unpaired) electrons. The highest BCUT2D eigenvalue weighted by molar-refractivity contribution is 8.00. The third-order valence-electron chi connectivity index (χ3n) is 6.03. The predicted molar refractivity (Wildman–Crippen MR) is 92.6 cm³/mol.